The second-order valence-corrected chi connectivity index (χ2v) is 4.09. The minimum Gasteiger partial charge on any atom is -0.381 e. The predicted octanol–water partition coefficient (Wildman–Crippen LogP) is 4.55. The molecule has 0 spiro atoms. The zero-order valence-corrected chi connectivity index (χ0v) is 10.2. The lowest BCUT2D eigenvalue weighted by molar-refractivity contribution is 0.198. The third-order valence-electron chi connectivity index (χ3n) is 2.53. The third-order valence-corrected chi connectivity index (χ3v) is 2.53. The Labute approximate surface area is 90.2 Å². The zero-order chi connectivity index (χ0) is 10.5. The van der Waals surface area contributed by atoms with E-state index in [1.807, 2.05) is 0 Å². The van der Waals surface area contributed by atoms with Gasteiger partial charge in [-0.1, -0.05) is 58.8 Å². The molecule has 0 aliphatic carbocycles. The first-order chi connectivity index (χ1) is 6.91. The molecule has 1 nitrogen and oxygen atoms in total. The molecule has 1 fully saturated rings. The van der Waals surface area contributed by atoms with Crippen LogP contribution in [-0.4, -0.2) is 13.2 Å². The van der Waals surface area contributed by atoms with Gasteiger partial charge in [0.1, 0.15) is 0 Å². The van der Waals surface area contributed by atoms with Crippen molar-refractivity contribution in [2.45, 2.75) is 71.6 Å². The summed E-state index contributed by atoms with van der Waals surface area (Å²) >= 11 is 0. The maximum atomic E-state index is 4.94. The number of hydrogen-bond donors (Lipinski definition) is 0. The van der Waals surface area contributed by atoms with Crippen LogP contribution in [0.1, 0.15) is 71.6 Å². The van der Waals surface area contributed by atoms with Gasteiger partial charge in [-0.2, -0.15) is 0 Å². The van der Waals surface area contributed by atoms with Gasteiger partial charge in [-0.05, 0) is 12.8 Å². The molecule has 1 aliphatic heterocycles. The average Bonchev–Trinajstić information content (AvgIpc) is 2.76. The SMILES string of the molecule is C1CCOC1.CCCCCCCCC. The van der Waals surface area contributed by atoms with Crippen molar-refractivity contribution in [1.29, 1.82) is 0 Å². The molecular weight excluding hydrogens is 172 g/mol. The van der Waals surface area contributed by atoms with E-state index in [2.05, 4.69) is 13.8 Å². The minimum absolute atomic E-state index is 1.00. The number of ether oxygens (including phenoxy) is 1. The van der Waals surface area contributed by atoms with Crippen LogP contribution in [-0.2, 0) is 4.74 Å². The Morgan fingerprint density at radius 3 is 1.43 bits per heavy atom. The molecule has 0 saturated carbocycles. The van der Waals surface area contributed by atoms with Crippen LogP contribution in [0, 0.1) is 0 Å². The van der Waals surface area contributed by atoms with E-state index in [9.17, 15) is 0 Å². The fourth-order valence-corrected chi connectivity index (χ4v) is 1.54. The van der Waals surface area contributed by atoms with Crippen LogP contribution in [0.2, 0.25) is 0 Å². The zero-order valence-electron chi connectivity index (χ0n) is 10.2. The van der Waals surface area contributed by atoms with E-state index in [1.54, 1.807) is 0 Å². The Hall–Kier alpha value is -0.0400. The maximum absolute atomic E-state index is 4.94. The van der Waals surface area contributed by atoms with Gasteiger partial charge in [0.05, 0.1) is 0 Å². The fourth-order valence-electron chi connectivity index (χ4n) is 1.54. The van der Waals surface area contributed by atoms with Crippen LogP contribution in [0.5, 0.6) is 0 Å². The summed E-state index contributed by atoms with van der Waals surface area (Å²) in [5, 5.41) is 0. The van der Waals surface area contributed by atoms with E-state index in [4.69, 9.17) is 4.74 Å². The largest absolute Gasteiger partial charge is 0.381 e. The summed E-state index contributed by atoms with van der Waals surface area (Å²) in [6, 6.07) is 0. The number of rotatable bonds is 6. The summed E-state index contributed by atoms with van der Waals surface area (Å²) < 4.78 is 4.94. The van der Waals surface area contributed by atoms with Crippen LogP contribution >= 0.6 is 0 Å². The molecular formula is C13H28O. The lowest BCUT2D eigenvalue weighted by Crippen LogP contribution is -1.76. The Kier molecular flexibility index (Phi) is 12.9. The van der Waals surface area contributed by atoms with Crippen LogP contribution in [0.4, 0.5) is 0 Å². The van der Waals surface area contributed by atoms with Crippen molar-refractivity contribution < 1.29 is 4.74 Å². The first-order valence-electron chi connectivity index (χ1n) is 6.49. The van der Waals surface area contributed by atoms with Gasteiger partial charge < -0.3 is 4.74 Å². The maximum Gasteiger partial charge on any atom is 0.0466 e. The van der Waals surface area contributed by atoms with Crippen molar-refractivity contribution in [1.82, 2.24) is 0 Å². The molecule has 1 heterocycles. The highest BCUT2D eigenvalue weighted by atomic mass is 16.5. The molecule has 1 aliphatic rings. The Morgan fingerprint density at radius 2 is 1.14 bits per heavy atom. The van der Waals surface area contributed by atoms with Gasteiger partial charge in [-0.25, -0.2) is 0 Å². The van der Waals surface area contributed by atoms with Crippen LogP contribution in [0.25, 0.3) is 0 Å². The van der Waals surface area contributed by atoms with Crippen molar-refractivity contribution in [3.8, 4) is 0 Å². The summed E-state index contributed by atoms with van der Waals surface area (Å²) in [6.07, 6.45) is 12.5. The Morgan fingerprint density at radius 1 is 0.714 bits per heavy atom. The van der Waals surface area contributed by atoms with Crippen molar-refractivity contribution in [2.75, 3.05) is 13.2 Å². The molecule has 0 bridgehead atoms. The monoisotopic (exact) mass is 200 g/mol. The van der Waals surface area contributed by atoms with Crippen LogP contribution in [0.3, 0.4) is 0 Å². The van der Waals surface area contributed by atoms with Gasteiger partial charge in [0.25, 0.3) is 0 Å². The van der Waals surface area contributed by atoms with Crippen molar-refractivity contribution >= 4 is 0 Å². The topological polar surface area (TPSA) is 9.23 Å². The lowest BCUT2D eigenvalue weighted by atomic mass is 10.1. The molecule has 1 rings (SSSR count). The third kappa shape index (κ3) is 12.0. The smallest absolute Gasteiger partial charge is 0.0466 e. The summed E-state index contributed by atoms with van der Waals surface area (Å²) in [7, 11) is 0. The Balaban J connectivity index is 0.000000280. The highest BCUT2D eigenvalue weighted by Crippen LogP contribution is 2.05. The molecule has 0 amide bonds. The molecule has 0 N–H and O–H groups in total. The normalized spacial score (nSPS) is 15.0. The first-order valence-corrected chi connectivity index (χ1v) is 6.49. The summed E-state index contributed by atoms with van der Waals surface area (Å²) in [6.45, 7) is 6.53. The van der Waals surface area contributed by atoms with Gasteiger partial charge in [0, 0.05) is 13.2 Å². The van der Waals surface area contributed by atoms with Crippen LogP contribution in [0.15, 0.2) is 0 Å². The quantitative estimate of drug-likeness (QED) is 0.571. The molecule has 0 unspecified atom stereocenters. The second kappa shape index (κ2) is 13.0. The molecule has 14 heavy (non-hydrogen) atoms. The number of unbranched alkanes of at least 4 members (excludes halogenated alkanes) is 6. The van der Waals surface area contributed by atoms with E-state index in [0.29, 0.717) is 0 Å². The standard InChI is InChI=1S/C9H20.C4H8O/c1-3-5-7-9-8-6-4-2;1-2-4-5-3-1/h3-9H2,1-2H3;1-4H2. The molecule has 0 aromatic heterocycles. The predicted molar refractivity (Wildman–Crippen MR) is 63.7 cm³/mol. The second-order valence-electron chi connectivity index (χ2n) is 4.09. The highest BCUT2D eigenvalue weighted by Gasteiger charge is 1.94. The van der Waals surface area contributed by atoms with E-state index in [0.717, 1.165) is 13.2 Å². The molecule has 1 saturated heterocycles. The number of hydrogen-bond acceptors (Lipinski definition) is 1. The molecule has 86 valence electrons. The van der Waals surface area contributed by atoms with Crippen molar-refractivity contribution in [3.05, 3.63) is 0 Å². The minimum atomic E-state index is 1.00. The molecule has 0 aromatic rings. The lowest BCUT2D eigenvalue weighted by Gasteiger charge is -1.96. The summed E-state index contributed by atoms with van der Waals surface area (Å²) in [4.78, 5) is 0. The molecule has 1 heteroatoms. The first kappa shape index (κ1) is 14.0. The van der Waals surface area contributed by atoms with E-state index >= 15 is 0 Å². The Bertz CT molecular complexity index is 73.6. The van der Waals surface area contributed by atoms with Gasteiger partial charge in [-0.15, -0.1) is 0 Å². The summed E-state index contributed by atoms with van der Waals surface area (Å²) in [5.41, 5.74) is 0. The van der Waals surface area contributed by atoms with E-state index in [-0.39, 0.29) is 0 Å². The average molecular weight is 200 g/mol. The highest BCUT2D eigenvalue weighted by molar-refractivity contribution is 4.43. The van der Waals surface area contributed by atoms with Crippen LogP contribution < -0.4 is 0 Å². The van der Waals surface area contributed by atoms with Gasteiger partial charge in [-0.3, -0.25) is 0 Å². The molecule has 0 radical (unpaired) electrons. The summed E-state index contributed by atoms with van der Waals surface area (Å²) in [5.74, 6) is 0. The van der Waals surface area contributed by atoms with Gasteiger partial charge >= 0.3 is 0 Å². The van der Waals surface area contributed by atoms with Gasteiger partial charge in [0.2, 0.25) is 0 Å². The molecule has 0 atom stereocenters. The van der Waals surface area contributed by atoms with Crippen molar-refractivity contribution in [2.24, 2.45) is 0 Å². The van der Waals surface area contributed by atoms with E-state index < -0.39 is 0 Å². The van der Waals surface area contributed by atoms with Gasteiger partial charge in [0.15, 0.2) is 0 Å². The van der Waals surface area contributed by atoms with Crippen molar-refractivity contribution in [3.63, 3.8) is 0 Å². The van der Waals surface area contributed by atoms with E-state index in [1.165, 1.54) is 57.8 Å². The molecule has 0 aromatic carbocycles. The fraction of sp³-hybridized carbons (Fsp3) is 1.00.